The van der Waals surface area contributed by atoms with E-state index in [1.807, 2.05) is 30.3 Å². The highest BCUT2D eigenvalue weighted by atomic mass is 16.6. The highest BCUT2D eigenvalue weighted by molar-refractivity contribution is 5.76. The van der Waals surface area contributed by atoms with E-state index in [-0.39, 0.29) is 30.2 Å². The maximum Gasteiger partial charge on any atom is 0.381 e. The van der Waals surface area contributed by atoms with Crippen molar-refractivity contribution < 1.29 is 9.72 Å². The average molecular weight is 329 g/mol. The molecule has 0 unspecified atom stereocenters. The predicted octanol–water partition coefficient (Wildman–Crippen LogP) is 1.05. The Bertz CT molecular complexity index is 758. The number of likely N-dealkylation sites (tertiary alicyclic amines) is 1. The van der Waals surface area contributed by atoms with Gasteiger partial charge in [-0.1, -0.05) is 30.3 Å². The van der Waals surface area contributed by atoms with Crippen molar-refractivity contribution in [1.29, 1.82) is 0 Å². The van der Waals surface area contributed by atoms with Crippen molar-refractivity contribution in [2.24, 2.45) is 5.73 Å². The summed E-state index contributed by atoms with van der Waals surface area (Å²) in [4.78, 5) is 28.3. The number of nitrogens with two attached hydrogens (primary N) is 1. The van der Waals surface area contributed by atoms with Gasteiger partial charge in [-0.3, -0.25) is 9.36 Å². The highest BCUT2D eigenvalue weighted by Gasteiger charge is 2.34. The number of benzene rings is 1. The van der Waals surface area contributed by atoms with Crippen LogP contribution in [0, 0.1) is 17.0 Å². The molecule has 0 aliphatic carbocycles. The van der Waals surface area contributed by atoms with Gasteiger partial charge in [0, 0.05) is 32.0 Å². The van der Waals surface area contributed by atoms with Crippen LogP contribution in [0.5, 0.6) is 0 Å². The molecule has 2 heterocycles. The third-order valence-electron chi connectivity index (χ3n) is 4.40. The van der Waals surface area contributed by atoms with Gasteiger partial charge in [-0.15, -0.1) is 0 Å². The molecule has 0 saturated carbocycles. The molecular formula is C16H19N5O3. The molecule has 0 radical (unpaired) electrons. The lowest BCUT2D eigenvalue weighted by molar-refractivity contribution is -0.389. The van der Waals surface area contributed by atoms with E-state index in [0.717, 1.165) is 5.56 Å². The van der Waals surface area contributed by atoms with E-state index in [1.54, 1.807) is 11.8 Å². The number of carbonyl (C=O) groups is 1. The Labute approximate surface area is 139 Å². The summed E-state index contributed by atoms with van der Waals surface area (Å²) in [7, 11) is 0. The molecule has 2 N–H and O–H groups in total. The van der Waals surface area contributed by atoms with Gasteiger partial charge in [-0.2, -0.15) is 0 Å². The number of nitro groups is 1. The number of carbonyl (C=O) groups excluding carboxylic acids is 1. The second-order valence-electron chi connectivity index (χ2n) is 6.01. The molecule has 1 aliphatic rings. The third-order valence-corrected chi connectivity index (χ3v) is 4.40. The molecule has 1 saturated heterocycles. The van der Waals surface area contributed by atoms with Crippen molar-refractivity contribution >= 4 is 11.7 Å². The van der Waals surface area contributed by atoms with Crippen molar-refractivity contribution in [3.8, 4) is 0 Å². The van der Waals surface area contributed by atoms with Crippen LogP contribution in [0.4, 0.5) is 5.82 Å². The van der Waals surface area contributed by atoms with Gasteiger partial charge in [-0.25, -0.2) is 0 Å². The first-order valence-electron chi connectivity index (χ1n) is 7.72. The topological polar surface area (TPSA) is 107 Å². The molecule has 2 aromatic rings. The molecule has 2 atom stereocenters. The second-order valence-corrected chi connectivity index (χ2v) is 6.01. The fraction of sp³-hybridized carbons (Fsp3) is 0.375. The molecule has 1 aromatic heterocycles. The fourth-order valence-corrected chi connectivity index (χ4v) is 3.07. The number of nitrogens with zero attached hydrogens (tertiary/aromatic N) is 4. The molecule has 1 aliphatic heterocycles. The molecule has 1 amide bonds. The summed E-state index contributed by atoms with van der Waals surface area (Å²) in [6.07, 6.45) is 1.29. The number of amides is 1. The van der Waals surface area contributed by atoms with Crippen molar-refractivity contribution in [2.75, 3.05) is 13.1 Å². The zero-order valence-corrected chi connectivity index (χ0v) is 13.3. The van der Waals surface area contributed by atoms with E-state index in [4.69, 9.17) is 5.73 Å². The molecule has 8 nitrogen and oxygen atoms in total. The van der Waals surface area contributed by atoms with Crippen LogP contribution in [0.2, 0.25) is 0 Å². The van der Waals surface area contributed by atoms with E-state index in [0.29, 0.717) is 18.9 Å². The largest absolute Gasteiger partial charge is 0.381 e. The molecule has 3 rings (SSSR count). The first-order chi connectivity index (χ1) is 11.5. The minimum atomic E-state index is -0.564. The van der Waals surface area contributed by atoms with Gasteiger partial charge < -0.3 is 20.7 Å². The number of hydrogen-bond acceptors (Lipinski definition) is 5. The lowest BCUT2D eigenvalue weighted by Gasteiger charge is -2.16. The highest BCUT2D eigenvalue weighted by Crippen LogP contribution is 2.26. The van der Waals surface area contributed by atoms with E-state index in [1.165, 1.54) is 10.8 Å². The van der Waals surface area contributed by atoms with Gasteiger partial charge >= 0.3 is 5.82 Å². The number of rotatable bonds is 4. The van der Waals surface area contributed by atoms with Crippen LogP contribution in [0.25, 0.3) is 0 Å². The van der Waals surface area contributed by atoms with Crippen LogP contribution in [-0.4, -0.2) is 44.4 Å². The van der Waals surface area contributed by atoms with Crippen LogP contribution in [0.3, 0.4) is 0 Å². The van der Waals surface area contributed by atoms with Crippen LogP contribution >= 0.6 is 0 Å². The van der Waals surface area contributed by atoms with E-state index >= 15 is 0 Å². The first-order valence-corrected chi connectivity index (χ1v) is 7.72. The Hall–Kier alpha value is -2.74. The first kappa shape index (κ1) is 16.1. The Morgan fingerprint density at radius 2 is 2.08 bits per heavy atom. The van der Waals surface area contributed by atoms with Gasteiger partial charge in [-0.05, 0) is 15.5 Å². The number of aromatic nitrogens is 2. The Kier molecular flexibility index (Phi) is 4.30. The normalized spacial score (nSPS) is 20.3. The quantitative estimate of drug-likeness (QED) is 0.666. The standard InChI is InChI=1S/C16H19N5O3/c1-11-18-15(21(23)24)9-19(11)10-16(22)20-7-13(14(17)8-20)12-5-3-2-4-6-12/h2-6,9,13-14H,7-8,10,17H2,1H3/t13-,14+/m0/s1. The third kappa shape index (κ3) is 3.13. The Morgan fingerprint density at radius 1 is 1.38 bits per heavy atom. The molecule has 1 aromatic carbocycles. The van der Waals surface area contributed by atoms with Crippen LogP contribution < -0.4 is 5.73 Å². The van der Waals surface area contributed by atoms with Gasteiger partial charge in [0.15, 0.2) is 0 Å². The lowest BCUT2D eigenvalue weighted by atomic mass is 9.95. The van der Waals surface area contributed by atoms with E-state index in [2.05, 4.69) is 4.98 Å². The fourth-order valence-electron chi connectivity index (χ4n) is 3.07. The monoisotopic (exact) mass is 329 g/mol. The zero-order valence-electron chi connectivity index (χ0n) is 13.3. The van der Waals surface area contributed by atoms with Crippen LogP contribution in [0.1, 0.15) is 17.3 Å². The number of imidazole rings is 1. The molecular weight excluding hydrogens is 310 g/mol. The van der Waals surface area contributed by atoms with Gasteiger partial charge in [0.2, 0.25) is 11.7 Å². The summed E-state index contributed by atoms with van der Waals surface area (Å²) in [6, 6.07) is 9.78. The molecule has 0 spiro atoms. The number of hydrogen-bond donors (Lipinski definition) is 1. The number of aryl methyl sites for hydroxylation is 1. The molecule has 8 heteroatoms. The second kappa shape index (κ2) is 6.40. The van der Waals surface area contributed by atoms with Crippen molar-refractivity contribution in [2.45, 2.75) is 25.4 Å². The Morgan fingerprint density at radius 3 is 2.71 bits per heavy atom. The van der Waals surface area contributed by atoms with Crippen LogP contribution in [0.15, 0.2) is 36.5 Å². The maximum atomic E-state index is 12.5. The minimum Gasteiger partial charge on any atom is -0.358 e. The van der Waals surface area contributed by atoms with Crippen molar-refractivity contribution in [3.63, 3.8) is 0 Å². The molecule has 24 heavy (non-hydrogen) atoms. The summed E-state index contributed by atoms with van der Waals surface area (Å²) in [5.41, 5.74) is 7.32. The summed E-state index contributed by atoms with van der Waals surface area (Å²) >= 11 is 0. The maximum absolute atomic E-state index is 12.5. The smallest absolute Gasteiger partial charge is 0.358 e. The summed E-state index contributed by atoms with van der Waals surface area (Å²) in [5, 5.41) is 10.8. The minimum absolute atomic E-state index is 0.0287. The predicted molar refractivity (Wildman–Crippen MR) is 87.4 cm³/mol. The van der Waals surface area contributed by atoms with Crippen molar-refractivity contribution in [3.05, 3.63) is 58.0 Å². The summed E-state index contributed by atoms with van der Waals surface area (Å²) in [5.74, 6) is 0.186. The molecule has 0 bridgehead atoms. The van der Waals surface area contributed by atoms with E-state index < -0.39 is 4.92 Å². The van der Waals surface area contributed by atoms with Gasteiger partial charge in [0.25, 0.3) is 0 Å². The summed E-state index contributed by atoms with van der Waals surface area (Å²) in [6.45, 7) is 2.71. The van der Waals surface area contributed by atoms with Crippen molar-refractivity contribution in [1.82, 2.24) is 14.5 Å². The Balaban J connectivity index is 1.69. The lowest BCUT2D eigenvalue weighted by Crippen LogP contribution is -2.34. The molecule has 1 fully saturated rings. The van der Waals surface area contributed by atoms with Crippen LogP contribution in [-0.2, 0) is 11.3 Å². The summed E-state index contributed by atoms with van der Waals surface area (Å²) < 4.78 is 1.50. The van der Waals surface area contributed by atoms with E-state index in [9.17, 15) is 14.9 Å². The average Bonchev–Trinajstić information content (AvgIpc) is 3.12. The SMILES string of the molecule is Cc1nc([N+](=O)[O-])cn1CC(=O)N1C[C@@H](N)[C@H](c2ccccc2)C1. The van der Waals surface area contributed by atoms with Gasteiger partial charge in [0.05, 0.1) is 0 Å². The molecule has 126 valence electrons. The van der Waals surface area contributed by atoms with Gasteiger partial charge in [0.1, 0.15) is 12.7 Å². The zero-order chi connectivity index (χ0) is 17.3.